The second kappa shape index (κ2) is 4.59. The fourth-order valence-corrected chi connectivity index (χ4v) is 2.29. The van der Waals surface area contributed by atoms with E-state index in [-0.39, 0.29) is 0 Å². The van der Waals surface area contributed by atoms with E-state index in [4.69, 9.17) is 11.5 Å². The summed E-state index contributed by atoms with van der Waals surface area (Å²) in [4.78, 5) is 3.42. The Balaban J connectivity index is 2.00. The van der Waals surface area contributed by atoms with Crippen LogP contribution in [0.15, 0.2) is 47.2 Å². The number of hydrogen-bond donors (Lipinski definition) is 3. The molecular weight excluding hydrogens is 220 g/mol. The number of nitrogens with zero attached hydrogens (tertiary/aromatic N) is 1. The van der Waals surface area contributed by atoms with Gasteiger partial charge in [0.1, 0.15) is 5.82 Å². The molecule has 1 unspecified atom stereocenters. The summed E-state index contributed by atoms with van der Waals surface area (Å²) in [5, 5.41) is 2.79. The molecule has 1 atom stereocenters. The van der Waals surface area contributed by atoms with E-state index in [2.05, 4.69) is 22.4 Å². The van der Waals surface area contributed by atoms with Gasteiger partial charge in [-0.2, -0.15) is 0 Å². The van der Waals surface area contributed by atoms with Crippen molar-refractivity contribution < 1.29 is 0 Å². The van der Waals surface area contributed by atoms with Crippen LogP contribution in [0, 0.1) is 0 Å². The smallest absolute Gasteiger partial charge is 0.180 e. The minimum Gasteiger partial charge on any atom is -0.385 e. The first-order valence-corrected chi connectivity index (χ1v) is 5.92. The first-order chi connectivity index (χ1) is 7.68. The topological polar surface area (TPSA) is 76.4 Å². The van der Waals surface area contributed by atoms with Crippen molar-refractivity contribution in [2.75, 3.05) is 0 Å². The lowest BCUT2D eigenvalue weighted by molar-refractivity contribution is 0.763. The number of nitrogens with one attached hydrogen (secondary N) is 1. The molecule has 16 heavy (non-hydrogen) atoms. The number of hydrogen-bond acceptors (Lipinski definition) is 5. The van der Waals surface area contributed by atoms with Gasteiger partial charge in [-0.1, -0.05) is 30.3 Å². The Morgan fingerprint density at radius 2 is 2.06 bits per heavy atom. The maximum absolute atomic E-state index is 6.07. The molecule has 0 saturated heterocycles. The van der Waals surface area contributed by atoms with Crippen LogP contribution < -0.4 is 16.8 Å². The molecule has 1 aromatic rings. The van der Waals surface area contributed by atoms with Gasteiger partial charge in [-0.3, -0.25) is 5.73 Å². The number of benzene rings is 1. The fraction of sp³-hybridized carbons (Fsp3) is 0.182. The molecule has 84 valence electrons. The second-order valence-electron chi connectivity index (χ2n) is 3.53. The molecule has 0 fully saturated rings. The highest BCUT2D eigenvalue weighted by atomic mass is 32.2. The highest BCUT2D eigenvalue weighted by Crippen LogP contribution is 2.27. The van der Waals surface area contributed by atoms with E-state index >= 15 is 0 Å². The molecule has 5 heteroatoms. The lowest BCUT2D eigenvalue weighted by Gasteiger charge is -2.24. The zero-order valence-corrected chi connectivity index (χ0v) is 9.58. The molecular formula is C11H14N4S. The first kappa shape index (κ1) is 11.0. The molecule has 1 aliphatic rings. The van der Waals surface area contributed by atoms with Crippen molar-refractivity contribution in [2.45, 2.75) is 10.7 Å². The maximum atomic E-state index is 6.07. The summed E-state index contributed by atoms with van der Waals surface area (Å²) in [6, 6.07) is 10.1. The zero-order chi connectivity index (χ0) is 11.4. The number of thioether (sulfide) groups is 1. The summed E-state index contributed by atoms with van der Waals surface area (Å²) in [6.45, 7) is 0. The summed E-state index contributed by atoms with van der Waals surface area (Å²) in [5.41, 5.74) is 12.9. The molecule has 0 radical (unpaired) electrons. The van der Waals surface area contributed by atoms with Gasteiger partial charge in [-0.05, 0) is 5.56 Å². The van der Waals surface area contributed by atoms with E-state index in [9.17, 15) is 0 Å². The molecule has 1 heterocycles. The molecule has 4 nitrogen and oxygen atoms in total. The summed E-state index contributed by atoms with van der Waals surface area (Å²) in [5.74, 6) is 1.34. The largest absolute Gasteiger partial charge is 0.385 e. The van der Waals surface area contributed by atoms with Gasteiger partial charge in [0.25, 0.3) is 0 Å². The zero-order valence-electron chi connectivity index (χ0n) is 8.76. The van der Waals surface area contributed by atoms with Crippen LogP contribution >= 0.6 is 11.8 Å². The van der Waals surface area contributed by atoms with Gasteiger partial charge >= 0.3 is 0 Å². The predicted octanol–water partition coefficient (Wildman–Crippen LogP) is 0.964. The first-order valence-electron chi connectivity index (χ1n) is 4.93. The minimum absolute atomic E-state index is 0.540. The second-order valence-corrected chi connectivity index (χ2v) is 4.76. The van der Waals surface area contributed by atoms with Crippen LogP contribution in [0.2, 0.25) is 0 Å². The molecule has 1 aliphatic heterocycles. The van der Waals surface area contributed by atoms with E-state index in [1.807, 2.05) is 18.2 Å². The lowest BCUT2D eigenvalue weighted by atomic mass is 10.2. The van der Waals surface area contributed by atoms with Gasteiger partial charge in [-0.25, -0.2) is 4.99 Å². The normalized spacial score (nSPS) is 23.7. The van der Waals surface area contributed by atoms with Crippen molar-refractivity contribution in [3.05, 3.63) is 47.8 Å². The molecule has 5 N–H and O–H groups in total. The van der Waals surface area contributed by atoms with Crippen LogP contribution in [-0.2, 0) is 5.75 Å². The van der Waals surface area contributed by atoms with Crippen molar-refractivity contribution in [3.8, 4) is 0 Å². The number of aliphatic imine (C=N–C) groups is 1. The Morgan fingerprint density at radius 1 is 1.31 bits per heavy atom. The Kier molecular flexibility index (Phi) is 3.17. The Labute approximate surface area is 98.8 Å². The summed E-state index contributed by atoms with van der Waals surface area (Å²) in [7, 11) is 0. The van der Waals surface area contributed by atoms with Gasteiger partial charge in [0, 0.05) is 11.8 Å². The molecule has 1 aromatic carbocycles. The van der Waals surface area contributed by atoms with Crippen LogP contribution in [0.4, 0.5) is 0 Å². The van der Waals surface area contributed by atoms with Crippen LogP contribution in [0.25, 0.3) is 0 Å². The predicted molar refractivity (Wildman–Crippen MR) is 68.6 cm³/mol. The van der Waals surface area contributed by atoms with Crippen molar-refractivity contribution >= 4 is 18.1 Å². The van der Waals surface area contributed by atoms with Crippen LogP contribution in [0.5, 0.6) is 0 Å². The van der Waals surface area contributed by atoms with E-state index in [1.54, 1.807) is 6.08 Å². The van der Waals surface area contributed by atoms with Crippen molar-refractivity contribution in [2.24, 2.45) is 16.5 Å². The highest BCUT2D eigenvalue weighted by Gasteiger charge is 2.23. The highest BCUT2D eigenvalue weighted by molar-refractivity contribution is 8.00. The molecule has 0 aromatic heterocycles. The number of rotatable bonds is 3. The van der Waals surface area contributed by atoms with Crippen LogP contribution in [0.3, 0.4) is 0 Å². The third kappa shape index (κ3) is 2.77. The van der Waals surface area contributed by atoms with E-state index in [1.165, 1.54) is 23.7 Å². The van der Waals surface area contributed by atoms with Crippen molar-refractivity contribution in [1.29, 1.82) is 0 Å². The van der Waals surface area contributed by atoms with Gasteiger partial charge < -0.3 is 11.1 Å². The lowest BCUT2D eigenvalue weighted by Crippen LogP contribution is -2.39. The number of nitrogens with two attached hydrogens (primary N) is 2. The van der Waals surface area contributed by atoms with E-state index < -0.39 is 4.99 Å². The molecule has 0 aliphatic carbocycles. The molecule has 0 saturated carbocycles. The average Bonchev–Trinajstić information content (AvgIpc) is 2.28. The quantitative estimate of drug-likeness (QED) is 0.681. The van der Waals surface area contributed by atoms with Crippen LogP contribution in [0.1, 0.15) is 5.56 Å². The summed E-state index contributed by atoms with van der Waals surface area (Å²) >= 11 is 1.54. The van der Waals surface area contributed by atoms with Gasteiger partial charge in [0.05, 0.1) is 6.34 Å². The average molecular weight is 234 g/mol. The van der Waals surface area contributed by atoms with Crippen molar-refractivity contribution in [1.82, 2.24) is 5.32 Å². The maximum Gasteiger partial charge on any atom is 0.180 e. The van der Waals surface area contributed by atoms with E-state index in [0.717, 1.165) is 5.75 Å². The van der Waals surface area contributed by atoms with E-state index in [0.29, 0.717) is 5.82 Å². The third-order valence-corrected chi connectivity index (χ3v) is 3.34. The monoisotopic (exact) mass is 234 g/mol. The van der Waals surface area contributed by atoms with Crippen LogP contribution in [-0.4, -0.2) is 11.3 Å². The standard InChI is InChI=1S/C11H14N4S/c12-10-6-11(13,15-8-14-10)16-7-9-4-2-1-3-5-9/h1-6,8H,7,12-13H2,(H,14,15). The molecule has 0 amide bonds. The Hall–Kier alpha value is -1.46. The fourth-order valence-electron chi connectivity index (χ4n) is 1.36. The molecule has 0 bridgehead atoms. The van der Waals surface area contributed by atoms with Gasteiger partial charge in [0.15, 0.2) is 4.99 Å². The molecule has 0 spiro atoms. The third-order valence-electron chi connectivity index (χ3n) is 2.17. The Bertz CT molecular complexity index is 415. The van der Waals surface area contributed by atoms with Gasteiger partial charge in [0.2, 0.25) is 0 Å². The summed E-state index contributed by atoms with van der Waals surface area (Å²) < 4.78 is 0. The summed E-state index contributed by atoms with van der Waals surface area (Å²) in [6.07, 6.45) is 3.26. The minimum atomic E-state index is -0.759. The van der Waals surface area contributed by atoms with Crippen molar-refractivity contribution in [3.63, 3.8) is 0 Å². The van der Waals surface area contributed by atoms with Gasteiger partial charge in [-0.15, -0.1) is 11.8 Å². The SMILES string of the molecule is NC1=CC(N)(SCc2ccccc2)N=CN1. The Morgan fingerprint density at radius 3 is 2.75 bits per heavy atom. The molecule has 2 rings (SSSR count).